The standard InChI is InChI=1S/C12H20N4/c1-2-10-6-7-16(8-10)9-11-4-3-5-12(14-11)15-13/h3-5,10H,2,6-9,13H2,1H3,(H,14,15). The summed E-state index contributed by atoms with van der Waals surface area (Å²) in [5, 5.41) is 0. The maximum Gasteiger partial charge on any atom is 0.140 e. The van der Waals surface area contributed by atoms with Gasteiger partial charge in [-0.25, -0.2) is 10.8 Å². The number of aromatic nitrogens is 1. The largest absolute Gasteiger partial charge is 0.308 e. The number of hydrogen-bond donors (Lipinski definition) is 2. The summed E-state index contributed by atoms with van der Waals surface area (Å²) in [4.78, 5) is 6.90. The fourth-order valence-corrected chi connectivity index (χ4v) is 2.27. The lowest BCUT2D eigenvalue weighted by atomic mass is 10.1. The zero-order valence-corrected chi connectivity index (χ0v) is 9.82. The molecule has 0 aromatic carbocycles. The minimum absolute atomic E-state index is 0.740. The average molecular weight is 220 g/mol. The van der Waals surface area contributed by atoms with Gasteiger partial charge in [0.05, 0.1) is 5.69 Å². The number of anilines is 1. The smallest absolute Gasteiger partial charge is 0.140 e. The summed E-state index contributed by atoms with van der Waals surface area (Å²) in [5.74, 6) is 6.96. The van der Waals surface area contributed by atoms with Gasteiger partial charge in [-0.15, -0.1) is 0 Å². The highest BCUT2D eigenvalue weighted by atomic mass is 15.3. The van der Waals surface area contributed by atoms with Crippen LogP contribution in [-0.4, -0.2) is 23.0 Å². The summed E-state index contributed by atoms with van der Waals surface area (Å²) in [6.07, 6.45) is 2.61. The molecule has 1 saturated heterocycles. The number of hydrogen-bond acceptors (Lipinski definition) is 4. The summed E-state index contributed by atoms with van der Waals surface area (Å²) >= 11 is 0. The SMILES string of the molecule is CCC1CCN(Cc2cccc(NN)n2)C1. The lowest BCUT2D eigenvalue weighted by molar-refractivity contribution is 0.311. The molecule has 1 unspecified atom stereocenters. The molecule has 1 aliphatic rings. The van der Waals surface area contributed by atoms with Crippen molar-refractivity contribution in [3.05, 3.63) is 23.9 Å². The fraction of sp³-hybridized carbons (Fsp3) is 0.583. The Morgan fingerprint density at radius 1 is 1.56 bits per heavy atom. The van der Waals surface area contributed by atoms with Crippen LogP contribution < -0.4 is 11.3 Å². The van der Waals surface area contributed by atoms with E-state index >= 15 is 0 Å². The van der Waals surface area contributed by atoms with Gasteiger partial charge in [-0.2, -0.15) is 0 Å². The van der Waals surface area contributed by atoms with Gasteiger partial charge >= 0.3 is 0 Å². The Morgan fingerprint density at radius 2 is 2.44 bits per heavy atom. The molecule has 1 aromatic heterocycles. The van der Waals surface area contributed by atoms with Gasteiger partial charge < -0.3 is 5.43 Å². The first-order chi connectivity index (χ1) is 7.81. The molecule has 1 aliphatic heterocycles. The molecule has 4 heteroatoms. The number of rotatable bonds is 4. The number of nitrogen functional groups attached to an aromatic ring is 1. The highest BCUT2D eigenvalue weighted by Crippen LogP contribution is 2.20. The van der Waals surface area contributed by atoms with Gasteiger partial charge in [-0.05, 0) is 31.0 Å². The Kier molecular flexibility index (Phi) is 3.74. The van der Waals surface area contributed by atoms with E-state index in [4.69, 9.17) is 5.84 Å². The van der Waals surface area contributed by atoms with E-state index in [0.29, 0.717) is 0 Å². The van der Waals surface area contributed by atoms with E-state index in [2.05, 4.69) is 28.3 Å². The quantitative estimate of drug-likeness (QED) is 0.598. The summed E-state index contributed by atoms with van der Waals surface area (Å²) in [6.45, 7) is 5.61. The third-order valence-corrected chi connectivity index (χ3v) is 3.29. The van der Waals surface area contributed by atoms with Gasteiger partial charge in [-0.3, -0.25) is 4.90 Å². The predicted octanol–water partition coefficient (Wildman–Crippen LogP) is 1.60. The maximum atomic E-state index is 5.34. The van der Waals surface area contributed by atoms with Crippen LogP contribution in [0.5, 0.6) is 0 Å². The van der Waals surface area contributed by atoms with Gasteiger partial charge in [0.2, 0.25) is 0 Å². The summed E-state index contributed by atoms with van der Waals surface area (Å²) in [7, 11) is 0. The summed E-state index contributed by atoms with van der Waals surface area (Å²) < 4.78 is 0. The van der Waals surface area contributed by atoms with Crippen molar-refractivity contribution in [2.24, 2.45) is 11.8 Å². The number of nitrogens with two attached hydrogens (primary N) is 1. The van der Waals surface area contributed by atoms with Crippen molar-refractivity contribution in [3.8, 4) is 0 Å². The van der Waals surface area contributed by atoms with Crippen LogP contribution in [0.1, 0.15) is 25.5 Å². The predicted molar refractivity (Wildman–Crippen MR) is 65.7 cm³/mol. The zero-order valence-electron chi connectivity index (χ0n) is 9.82. The van der Waals surface area contributed by atoms with Crippen molar-refractivity contribution in [1.29, 1.82) is 0 Å². The van der Waals surface area contributed by atoms with Gasteiger partial charge in [0, 0.05) is 13.1 Å². The van der Waals surface area contributed by atoms with Crippen LogP contribution in [-0.2, 0) is 6.54 Å². The highest BCUT2D eigenvalue weighted by Gasteiger charge is 2.20. The van der Waals surface area contributed by atoms with Crippen molar-refractivity contribution in [1.82, 2.24) is 9.88 Å². The Morgan fingerprint density at radius 3 is 3.12 bits per heavy atom. The molecule has 0 saturated carbocycles. The second kappa shape index (κ2) is 5.27. The second-order valence-electron chi connectivity index (χ2n) is 4.46. The van der Waals surface area contributed by atoms with Crippen LogP contribution in [0.15, 0.2) is 18.2 Å². The first-order valence-corrected chi connectivity index (χ1v) is 5.96. The van der Waals surface area contributed by atoms with E-state index in [1.165, 1.54) is 25.9 Å². The van der Waals surface area contributed by atoms with Gasteiger partial charge in [0.1, 0.15) is 5.82 Å². The maximum absolute atomic E-state index is 5.34. The number of nitrogens with zero attached hydrogens (tertiary/aromatic N) is 2. The lowest BCUT2D eigenvalue weighted by Crippen LogP contribution is -2.21. The molecule has 0 spiro atoms. The third kappa shape index (κ3) is 2.71. The van der Waals surface area contributed by atoms with Crippen LogP contribution in [0.25, 0.3) is 0 Å². The number of pyridine rings is 1. The van der Waals surface area contributed by atoms with E-state index in [-0.39, 0.29) is 0 Å². The van der Waals surface area contributed by atoms with E-state index in [1.807, 2.05) is 12.1 Å². The Hall–Kier alpha value is -1.13. The number of hydrazine groups is 1. The van der Waals surface area contributed by atoms with Crippen LogP contribution in [0.4, 0.5) is 5.82 Å². The molecule has 3 N–H and O–H groups in total. The molecule has 1 fully saturated rings. The van der Waals surface area contributed by atoms with Crippen molar-refractivity contribution >= 4 is 5.82 Å². The third-order valence-electron chi connectivity index (χ3n) is 3.29. The van der Waals surface area contributed by atoms with E-state index in [0.717, 1.165) is 24.0 Å². The molecule has 2 heterocycles. The van der Waals surface area contributed by atoms with Gasteiger partial charge in [0.15, 0.2) is 0 Å². The van der Waals surface area contributed by atoms with Gasteiger partial charge in [0.25, 0.3) is 0 Å². The molecular weight excluding hydrogens is 200 g/mol. The zero-order chi connectivity index (χ0) is 11.4. The molecule has 88 valence electrons. The normalized spacial score (nSPS) is 21.2. The minimum atomic E-state index is 0.740. The van der Waals surface area contributed by atoms with Crippen molar-refractivity contribution in [3.63, 3.8) is 0 Å². The lowest BCUT2D eigenvalue weighted by Gasteiger charge is -2.15. The van der Waals surface area contributed by atoms with E-state index in [1.54, 1.807) is 0 Å². The summed E-state index contributed by atoms with van der Waals surface area (Å²) in [5.41, 5.74) is 3.67. The molecule has 1 aromatic rings. The molecule has 0 bridgehead atoms. The Balaban J connectivity index is 1.94. The first-order valence-electron chi connectivity index (χ1n) is 5.96. The van der Waals surface area contributed by atoms with Crippen LogP contribution in [0.2, 0.25) is 0 Å². The summed E-state index contributed by atoms with van der Waals surface area (Å²) in [6, 6.07) is 5.92. The topological polar surface area (TPSA) is 54.2 Å². The molecular formula is C12H20N4. The first kappa shape index (κ1) is 11.4. The fourth-order valence-electron chi connectivity index (χ4n) is 2.27. The van der Waals surface area contributed by atoms with Crippen molar-refractivity contribution in [2.75, 3.05) is 18.5 Å². The average Bonchev–Trinajstić information content (AvgIpc) is 2.77. The Bertz CT molecular complexity index is 340. The second-order valence-corrected chi connectivity index (χ2v) is 4.46. The molecule has 1 atom stereocenters. The molecule has 0 radical (unpaired) electrons. The van der Waals surface area contributed by atoms with E-state index in [9.17, 15) is 0 Å². The van der Waals surface area contributed by atoms with Crippen molar-refractivity contribution < 1.29 is 0 Å². The van der Waals surface area contributed by atoms with Gasteiger partial charge in [-0.1, -0.05) is 19.4 Å². The number of likely N-dealkylation sites (tertiary alicyclic amines) is 1. The highest BCUT2D eigenvalue weighted by molar-refractivity contribution is 5.33. The minimum Gasteiger partial charge on any atom is -0.308 e. The van der Waals surface area contributed by atoms with Crippen LogP contribution >= 0.6 is 0 Å². The van der Waals surface area contributed by atoms with Crippen LogP contribution in [0.3, 0.4) is 0 Å². The molecule has 0 aliphatic carbocycles. The molecule has 0 amide bonds. The monoisotopic (exact) mass is 220 g/mol. The Labute approximate surface area is 96.8 Å². The van der Waals surface area contributed by atoms with Crippen LogP contribution in [0, 0.1) is 5.92 Å². The van der Waals surface area contributed by atoms with E-state index < -0.39 is 0 Å². The number of nitrogens with one attached hydrogen (secondary N) is 1. The molecule has 4 nitrogen and oxygen atoms in total. The molecule has 16 heavy (non-hydrogen) atoms. The molecule has 2 rings (SSSR count). The van der Waals surface area contributed by atoms with Crippen molar-refractivity contribution in [2.45, 2.75) is 26.3 Å².